The van der Waals surface area contributed by atoms with Gasteiger partial charge in [0.1, 0.15) is 0 Å². The van der Waals surface area contributed by atoms with Gasteiger partial charge in [0.15, 0.2) is 0 Å². The Kier molecular flexibility index (Phi) is 2.92. The first kappa shape index (κ1) is 8.57. The molecule has 0 aliphatic rings. The lowest BCUT2D eigenvalue weighted by Gasteiger charge is -2.02. The van der Waals surface area contributed by atoms with E-state index in [1.807, 2.05) is 12.1 Å². The fourth-order valence-corrected chi connectivity index (χ4v) is 1.02. The summed E-state index contributed by atoms with van der Waals surface area (Å²) in [6.45, 7) is 3.48. The van der Waals surface area contributed by atoms with Gasteiger partial charge in [-0.1, -0.05) is 23.7 Å². The van der Waals surface area contributed by atoms with Crippen LogP contribution in [0.5, 0.6) is 0 Å². The van der Waals surface area contributed by atoms with Crippen LogP contribution in [0.1, 0.15) is 5.56 Å². The Labute approximate surface area is 71.6 Å². The molecule has 1 aromatic carbocycles. The van der Waals surface area contributed by atoms with E-state index in [-0.39, 0.29) is 0 Å². The molecular formula is C9H10ClO. The van der Waals surface area contributed by atoms with Gasteiger partial charge in [-0.15, -0.1) is 0 Å². The van der Waals surface area contributed by atoms with Crippen LogP contribution in [-0.4, -0.2) is 11.2 Å². The summed E-state index contributed by atoms with van der Waals surface area (Å²) in [5.41, 5.74) is 1.05. The third-order valence-corrected chi connectivity index (χ3v) is 1.64. The van der Waals surface area contributed by atoms with Gasteiger partial charge in [0.05, 0.1) is 6.10 Å². The minimum atomic E-state index is -0.531. The summed E-state index contributed by atoms with van der Waals surface area (Å²) < 4.78 is 0. The number of rotatable bonds is 2. The molecule has 11 heavy (non-hydrogen) atoms. The van der Waals surface area contributed by atoms with E-state index >= 15 is 0 Å². The third kappa shape index (κ3) is 2.91. The highest BCUT2D eigenvalue weighted by atomic mass is 35.5. The molecule has 2 heteroatoms. The van der Waals surface area contributed by atoms with E-state index in [0.29, 0.717) is 11.4 Å². The average Bonchev–Trinajstić information content (AvgIpc) is 1.93. The van der Waals surface area contributed by atoms with Gasteiger partial charge >= 0.3 is 0 Å². The number of halogens is 1. The summed E-state index contributed by atoms with van der Waals surface area (Å²) >= 11 is 5.67. The van der Waals surface area contributed by atoms with Crippen molar-refractivity contribution in [3.8, 4) is 0 Å². The van der Waals surface area contributed by atoms with Crippen LogP contribution in [0.2, 0.25) is 5.02 Å². The highest BCUT2D eigenvalue weighted by Crippen LogP contribution is 2.10. The van der Waals surface area contributed by atoms with Crippen LogP contribution in [-0.2, 0) is 6.42 Å². The maximum absolute atomic E-state index is 8.93. The van der Waals surface area contributed by atoms with Crippen molar-refractivity contribution in [1.82, 2.24) is 0 Å². The summed E-state index contributed by atoms with van der Waals surface area (Å²) in [5.74, 6) is 0. The molecule has 1 rings (SSSR count). The Morgan fingerprint density at radius 1 is 1.36 bits per heavy atom. The van der Waals surface area contributed by atoms with Gasteiger partial charge in [-0.25, -0.2) is 0 Å². The lowest BCUT2D eigenvalue weighted by atomic mass is 10.1. The van der Waals surface area contributed by atoms with Gasteiger partial charge in [0.25, 0.3) is 0 Å². The second-order valence-corrected chi connectivity index (χ2v) is 2.92. The van der Waals surface area contributed by atoms with E-state index in [4.69, 9.17) is 16.7 Å². The normalized spacial score (nSPS) is 13.0. The summed E-state index contributed by atoms with van der Waals surface area (Å²) in [5, 5.41) is 9.65. The van der Waals surface area contributed by atoms with Gasteiger partial charge in [-0.2, -0.15) is 0 Å². The first-order valence-corrected chi connectivity index (χ1v) is 3.82. The Balaban J connectivity index is 2.66. The molecule has 0 amide bonds. The predicted octanol–water partition coefficient (Wildman–Crippen LogP) is 2.08. The van der Waals surface area contributed by atoms with E-state index in [2.05, 4.69) is 6.92 Å². The van der Waals surface area contributed by atoms with Crippen LogP contribution >= 0.6 is 11.6 Å². The highest BCUT2D eigenvalue weighted by molar-refractivity contribution is 6.30. The molecule has 59 valence electrons. The van der Waals surface area contributed by atoms with E-state index in [0.717, 1.165) is 5.56 Å². The molecular weight excluding hydrogens is 160 g/mol. The van der Waals surface area contributed by atoms with Gasteiger partial charge in [0, 0.05) is 5.02 Å². The molecule has 0 aliphatic heterocycles. The van der Waals surface area contributed by atoms with Crippen molar-refractivity contribution in [2.75, 3.05) is 0 Å². The van der Waals surface area contributed by atoms with Gasteiger partial charge in [-0.3, -0.25) is 0 Å². The molecule has 0 bridgehead atoms. The van der Waals surface area contributed by atoms with E-state index in [1.54, 1.807) is 12.1 Å². The SMILES string of the molecule is [CH2]C(O)Cc1ccc(Cl)cc1. The Morgan fingerprint density at radius 2 is 1.91 bits per heavy atom. The van der Waals surface area contributed by atoms with Crippen LogP contribution in [0, 0.1) is 6.92 Å². The van der Waals surface area contributed by atoms with E-state index < -0.39 is 6.10 Å². The van der Waals surface area contributed by atoms with E-state index in [9.17, 15) is 0 Å². The predicted molar refractivity (Wildman–Crippen MR) is 46.5 cm³/mol. The Bertz CT molecular complexity index is 216. The first-order chi connectivity index (χ1) is 5.18. The van der Waals surface area contributed by atoms with Crippen LogP contribution in [0.4, 0.5) is 0 Å². The van der Waals surface area contributed by atoms with Crippen LogP contribution in [0.3, 0.4) is 0 Å². The number of hydrogen-bond donors (Lipinski definition) is 1. The van der Waals surface area contributed by atoms with Crippen molar-refractivity contribution in [3.05, 3.63) is 41.8 Å². The zero-order chi connectivity index (χ0) is 8.27. The van der Waals surface area contributed by atoms with Crippen LogP contribution in [0.15, 0.2) is 24.3 Å². The first-order valence-electron chi connectivity index (χ1n) is 3.44. The Morgan fingerprint density at radius 3 is 2.36 bits per heavy atom. The van der Waals surface area contributed by atoms with Crippen molar-refractivity contribution >= 4 is 11.6 Å². The molecule has 1 radical (unpaired) electrons. The number of aliphatic hydroxyl groups excluding tert-OH is 1. The quantitative estimate of drug-likeness (QED) is 0.719. The van der Waals surface area contributed by atoms with Crippen LogP contribution in [0.25, 0.3) is 0 Å². The molecule has 1 N–H and O–H groups in total. The molecule has 0 saturated heterocycles. The molecule has 0 saturated carbocycles. The zero-order valence-electron chi connectivity index (χ0n) is 6.13. The molecule has 0 spiro atoms. The zero-order valence-corrected chi connectivity index (χ0v) is 6.88. The fourth-order valence-electron chi connectivity index (χ4n) is 0.893. The third-order valence-electron chi connectivity index (χ3n) is 1.38. The largest absolute Gasteiger partial charge is 0.393 e. The second-order valence-electron chi connectivity index (χ2n) is 2.48. The summed E-state index contributed by atoms with van der Waals surface area (Å²) in [6.07, 6.45) is 0.0492. The van der Waals surface area contributed by atoms with Gasteiger partial charge in [-0.05, 0) is 31.0 Å². The van der Waals surface area contributed by atoms with E-state index in [1.165, 1.54) is 0 Å². The van der Waals surface area contributed by atoms with Gasteiger partial charge < -0.3 is 5.11 Å². The second kappa shape index (κ2) is 3.74. The smallest absolute Gasteiger partial charge is 0.0581 e. The van der Waals surface area contributed by atoms with Crippen molar-refractivity contribution < 1.29 is 5.11 Å². The minimum absolute atomic E-state index is 0.531. The maximum atomic E-state index is 8.93. The fraction of sp³-hybridized carbons (Fsp3) is 0.222. The molecule has 0 aromatic heterocycles. The lowest BCUT2D eigenvalue weighted by molar-refractivity contribution is 0.221. The maximum Gasteiger partial charge on any atom is 0.0581 e. The van der Waals surface area contributed by atoms with Crippen molar-refractivity contribution in [2.45, 2.75) is 12.5 Å². The summed E-state index contributed by atoms with van der Waals surface area (Å²) in [6, 6.07) is 7.38. The monoisotopic (exact) mass is 169 g/mol. The summed E-state index contributed by atoms with van der Waals surface area (Å²) in [4.78, 5) is 0. The molecule has 1 atom stereocenters. The van der Waals surface area contributed by atoms with Crippen molar-refractivity contribution in [1.29, 1.82) is 0 Å². The minimum Gasteiger partial charge on any atom is -0.393 e. The number of benzene rings is 1. The Hall–Kier alpha value is -0.530. The summed E-state index contributed by atoms with van der Waals surface area (Å²) in [7, 11) is 0. The van der Waals surface area contributed by atoms with Gasteiger partial charge in [0.2, 0.25) is 0 Å². The molecule has 1 aromatic rings. The number of aliphatic hydroxyl groups is 1. The average molecular weight is 170 g/mol. The standard InChI is InChI=1S/C9H10ClO/c1-7(11)6-8-2-4-9(10)5-3-8/h2-5,7,11H,1,6H2. The molecule has 0 aliphatic carbocycles. The highest BCUT2D eigenvalue weighted by Gasteiger charge is 1.97. The van der Waals surface area contributed by atoms with Crippen molar-refractivity contribution in [3.63, 3.8) is 0 Å². The van der Waals surface area contributed by atoms with Crippen molar-refractivity contribution in [2.24, 2.45) is 0 Å². The molecule has 1 unspecified atom stereocenters. The molecule has 0 fully saturated rings. The number of hydrogen-bond acceptors (Lipinski definition) is 1. The molecule has 1 nitrogen and oxygen atoms in total. The topological polar surface area (TPSA) is 20.2 Å². The lowest BCUT2D eigenvalue weighted by Crippen LogP contribution is -2.03. The molecule has 0 heterocycles. The van der Waals surface area contributed by atoms with Crippen LogP contribution < -0.4 is 0 Å².